The van der Waals surface area contributed by atoms with Crippen LogP contribution < -0.4 is 21.3 Å². The Hall–Kier alpha value is -5.91. The van der Waals surface area contributed by atoms with Gasteiger partial charge in [-0.15, -0.1) is 0 Å². The lowest BCUT2D eigenvalue weighted by molar-refractivity contribution is -0.141. The van der Waals surface area contributed by atoms with Gasteiger partial charge in [-0.25, -0.2) is 14.4 Å². The Kier molecular flexibility index (Phi) is 21.8. The fourth-order valence-corrected chi connectivity index (χ4v) is 5.94. The zero-order valence-electron chi connectivity index (χ0n) is 32.5. The van der Waals surface area contributed by atoms with Gasteiger partial charge in [0, 0.05) is 77.4 Å². The van der Waals surface area contributed by atoms with Crippen LogP contribution in [0, 0.1) is 0 Å². The summed E-state index contributed by atoms with van der Waals surface area (Å²) in [5.74, 6) is -8.03. The minimum atomic E-state index is -1.53. The SMILES string of the molecule is O=C(O)CC[C@H](NC(=O)N[C@@H](CCCCNC(=O)c1ccc(CNC(=O)CN2CCN(CC(=O)O)CCN(CC(=O)O)CCN(CC(=O)O)CC2)cc1)C(=O)O)C(=O)O. The summed E-state index contributed by atoms with van der Waals surface area (Å²) in [6.45, 7) is 1.46. The van der Waals surface area contributed by atoms with Crippen LogP contribution in [0.5, 0.6) is 0 Å². The van der Waals surface area contributed by atoms with Gasteiger partial charge in [0.1, 0.15) is 12.1 Å². The van der Waals surface area contributed by atoms with Crippen LogP contribution in [0.3, 0.4) is 0 Å². The van der Waals surface area contributed by atoms with E-state index in [0.717, 1.165) is 0 Å². The number of urea groups is 1. The largest absolute Gasteiger partial charge is 0.481 e. The van der Waals surface area contributed by atoms with E-state index < -0.39 is 72.7 Å². The third-order valence-electron chi connectivity index (χ3n) is 9.14. The third kappa shape index (κ3) is 21.4. The number of hydrogen-bond donors (Lipinski definition) is 10. The molecule has 0 bridgehead atoms. The summed E-state index contributed by atoms with van der Waals surface area (Å²) in [4.78, 5) is 113. The predicted octanol–water partition coefficient (Wildman–Crippen LogP) is -2.25. The number of nitrogens with one attached hydrogen (secondary N) is 4. The van der Waals surface area contributed by atoms with E-state index in [1.807, 2.05) is 0 Å². The van der Waals surface area contributed by atoms with Gasteiger partial charge in [0.25, 0.3) is 5.91 Å². The number of nitrogens with zero attached hydrogens (tertiary/aromatic N) is 4. The fraction of sp³-hybridized carbons (Fsp3) is 0.583. The first-order chi connectivity index (χ1) is 27.9. The first-order valence-corrected chi connectivity index (χ1v) is 18.8. The standard InChI is InChI=1S/C36H54N8O15/c45-28(20-41-11-13-42(21-30(48)49)15-17-44(23-32(52)53)18-16-43(14-12-41)22-31(50)51)38-19-24-4-6-25(7-5-24)33(54)37-10-2-1-3-26(34(55)56)39-36(59)40-27(35(57)58)8-9-29(46)47/h4-7,26-27H,1-3,8-23H2,(H,37,54)(H,38,45)(H,46,47)(H,48,49)(H,50,51)(H,52,53)(H,55,56)(H,57,58)(H2,39,40,59)/t26-,27-/m0/s1. The molecular weight excluding hydrogens is 784 g/mol. The molecular formula is C36H54N8O15. The number of hydrogen-bond acceptors (Lipinski definition) is 13. The van der Waals surface area contributed by atoms with Crippen molar-refractivity contribution < 1.29 is 73.8 Å². The van der Waals surface area contributed by atoms with Gasteiger partial charge in [-0.05, 0) is 43.4 Å². The molecule has 1 heterocycles. The Bertz CT molecular complexity index is 1580. The Balaban J connectivity index is 1.86. The number of carboxylic acids is 6. The Morgan fingerprint density at radius 1 is 0.525 bits per heavy atom. The average Bonchev–Trinajstić information content (AvgIpc) is 3.15. The van der Waals surface area contributed by atoms with Crippen molar-refractivity contribution in [1.29, 1.82) is 0 Å². The molecule has 1 aliphatic heterocycles. The Labute approximate surface area is 339 Å². The summed E-state index contributed by atoms with van der Waals surface area (Å²) in [5.41, 5.74) is 1.00. The summed E-state index contributed by atoms with van der Waals surface area (Å²) < 4.78 is 0. The topological polar surface area (TPSA) is 336 Å². The molecule has 2 rings (SSSR count). The molecule has 10 N–H and O–H groups in total. The Morgan fingerprint density at radius 2 is 0.949 bits per heavy atom. The molecule has 0 aliphatic carbocycles. The van der Waals surface area contributed by atoms with E-state index in [-0.39, 0.29) is 110 Å². The van der Waals surface area contributed by atoms with Crippen LogP contribution in [0.1, 0.15) is 48.0 Å². The van der Waals surface area contributed by atoms with Gasteiger partial charge >= 0.3 is 41.8 Å². The van der Waals surface area contributed by atoms with Crippen molar-refractivity contribution in [3.63, 3.8) is 0 Å². The molecule has 59 heavy (non-hydrogen) atoms. The summed E-state index contributed by atoms with van der Waals surface area (Å²) in [7, 11) is 0. The van der Waals surface area contributed by atoms with Crippen LogP contribution in [0.2, 0.25) is 0 Å². The maximum Gasteiger partial charge on any atom is 0.326 e. The van der Waals surface area contributed by atoms with E-state index >= 15 is 0 Å². The van der Waals surface area contributed by atoms with Crippen molar-refractivity contribution in [2.24, 2.45) is 0 Å². The number of benzene rings is 1. The number of aliphatic carboxylic acids is 6. The number of carboxylic acid groups (broad SMARTS) is 6. The monoisotopic (exact) mass is 838 g/mol. The molecule has 0 saturated carbocycles. The number of unbranched alkanes of at least 4 members (excludes halogenated alkanes) is 1. The molecule has 23 nitrogen and oxygen atoms in total. The summed E-state index contributed by atoms with van der Waals surface area (Å²) in [6.07, 6.45) is -0.339. The highest BCUT2D eigenvalue weighted by Gasteiger charge is 2.25. The highest BCUT2D eigenvalue weighted by molar-refractivity contribution is 5.94. The van der Waals surface area contributed by atoms with E-state index in [0.29, 0.717) is 17.5 Å². The quantitative estimate of drug-likeness (QED) is 0.0520. The van der Waals surface area contributed by atoms with Gasteiger partial charge in [-0.1, -0.05) is 12.1 Å². The number of carbonyl (C=O) groups excluding carboxylic acids is 3. The molecule has 1 aromatic carbocycles. The molecule has 0 unspecified atom stereocenters. The second kappa shape index (κ2) is 26.2. The Morgan fingerprint density at radius 3 is 1.36 bits per heavy atom. The lowest BCUT2D eigenvalue weighted by Gasteiger charge is -2.32. The van der Waals surface area contributed by atoms with Gasteiger partial charge in [0.05, 0.1) is 26.2 Å². The average molecular weight is 839 g/mol. The van der Waals surface area contributed by atoms with Gasteiger partial charge in [0.15, 0.2) is 0 Å². The van der Waals surface area contributed by atoms with E-state index in [9.17, 15) is 68.7 Å². The van der Waals surface area contributed by atoms with Crippen LogP contribution >= 0.6 is 0 Å². The molecule has 0 spiro atoms. The fourth-order valence-electron chi connectivity index (χ4n) is 5.94. The zero-order valence-corrected chi connectivity index (χ0v) is 32.5. The molecule has 1 fully saturated rings. The van der Waals surface area contributed by atoms with Crippen molar-refractivity contribution in [1.82, 2.24) is 40.9 Å². The van der Waals surface area contributed by atoms with E-state index in [2.05, 4.69) is 21.3 Å². The third-order valence-corrected chi connectivity index (χ3v) is 9.14. The van der Waals surface area contributed by atoms with E-state index in [1.165, 1.54) is 0 Å². The first kappa shape index (κ1) is 49.2. The van der Waals surface area contributed by atoms with Crippen molar-refractivity contribution in [2.45, 2.75) is 50.7 Å². The van der Waals surface area contributed by atoms with Crippen LogP contribution in [0.4, 0.5) is 4.79 Å². The summed E-state index contributed by atoms with van der Waals surface area (Å²) in [5, 5.41) is 65.3. The zero-order chi connectivity index (χ0) is 43.9. The molecule has 1 saturated heterocycles. The van der Waals surface area contributed by atoms with Crippen molar-refractivity contribution in [3.8, 4) is 0 Å². The molecule has 328 valence electrons. The van der Waals surface area contributed by atoms with Gasteiger partial charge < -0.3 is 51.9 Å². The number of rotatable bonds is 23. The van der Waals surface area contributed by atoms with Crippen molar-refractivity contribution in [2.75, 3.05) is 85.1 Å². The van der Waals surface area contributed by atoms with Gasteiger partial charge in [-0.3, -0.25) is 48.4 Å². The molecule has 23 heteroatoms. The van der Waals surface area contributed by atoms with Gasteiger partial charge in [0.2, 0.25) is 5.91 Å². The molecule has 0 radical (unpaired) electrons. The summed E-state index contributed by atoms with van der Waals surface area (Å²) in [6, 6.07) is 2.44. The van der Waals surface area contributed by atoms with Crippen LogP contribution in [0.15, 0.2) is 24.3 Å². The number of carbonyl (C=O) groups is 9. The van der Waals surface area contributed by atoms with Crippen LogP contribution in [-0.4, -0.2) is 201 Å². The lowest BCUT2D eigenvalue weighted by Crippen LogP contribution is -2.51. The highest BCUT2D eigenvalue weighted by Crippen LogP contribution is 2.07. The van der Waals surface area contributed by atoms with Crippen molar-refractivity contribution in [3.05, 3.63) is 35.4 Å². The minimum Gasteiger partial charge on any atom is -0.481 e. The molecule has 0 aromatic heterocycles. The molecule has 1 aromatic rings. The van der Waals surface area contributed by atoms with Crippen LogP contribution in [-0.2, 0) is 40.1 Å². The highest BCUT2D eigenvalue weighted by atomic mass is 16.4. The summed E-state index contributed by atoms with van der Waals surface area (Å²) >= 11 is 0. The predicted molar refractivity (Wildman–Crippen MR) is 205 cm³/mol. The minimum absolute atomic E-state index is 0.0367. The maximum atomic E-state index is 13.0. The maximum absolute atomic E-state index is 13.0. The lowest BCUT2D eigenvalue weighted by atomic mass is 10.1. The number of amides is 4. The van der Waals surface area contributed by atoms with Gasteiger partial charge in [-0.2, -0.15) is 0 Å². The molecule has 1 aliphatic rings. The smallest absolute Gasteiger partial charge is 0.326 e. The van der Waals surface area contributed by atoms with E-state index in [1.54, 1.807) is 43.9 Å². The second-order valence-corrected chi connectivity index (χ2v) is 13.8. The van der Waals surface area contributed by atoms with Crippen LogP contribution in [0.25, 0.3) is 0 Å². The second-order valence-electron chi connectivity index (χ2n) is 13.8. The van der Waals surface area contributed by atoms with E-state index in [4.69, 9.17) is 5.11 Å². The first-order valence-electron chi connectivity index (χ1n) is 18.8. The molecule has 2 atom stereocenters. The molecule has 4 amide bonds. The van der Waals surface area contributed by atoms with Crippen molar-refractivity contribution >= 4 is 53.7 Å². The normalized spacial score (nSPS) is 15.9.